The van der Waals surface area contributed by atoms with Crippen molar-refractivity contribution >= 4 is 0 Å². The Morgan fingerprint density at radius 1 is 0.844 bits per heavy atom. The van der Waals surface area contributed by atoms with Crippen molar-refractivity contribution in [3.63, 3.8) is 0 Å². The van der Waals surface area contributed by atoms with E-state index in [1.807, 2.05) is 0 Å². The summed E-state index contributed by atoms with van der Waals surface area (Å²) in [6.45, 7) is 9.16. The van der Waals surface area contributed by atoms with E-state index in [0.29, 0.717) is 30.6 Å². The van der Waals surface area contributed by atoms with E-state index in [2.05, 4.69) is 27.7 Å². The van der Waals surface area contributed by atoms with Gasteiger partial charge in [0.15, 0.2) is 0 Å². The molecular formula is C27H48O5. The Morgan fingerprint density at radius 3 is 2.22 bits per heavy atom. The number of fused-ring (bicyclic) bond motifs is 5. The first-order valence-corrected chi connectivity index (χ1v) is 13.4. The lowest BCUT2D eigenvalue weighted by atomic mass is 9.43. The second-order valence-electron chi connectivity index (χ2n) is 12.9. The summed E-state index contributed by atoms with van der Waals surface area (Å²) in [5.74, 6) is 1.55. The molecule has 32 heavy (non-hydrogen) atoms. The topological polar surface area (TPSA) is 101 Å². The molecule has 13 atom stereocenters. The molecule has 0 radical (unpaired) electrons. The zero-order valence-electron chi connectivity index (χ0n) is 20.7. The Kier molecular flexibility index (Phi) is 7.09. The molecule has 3 unspecified atom stereocenters. The third kappa shape index (κ3) is 3.88. The Morgan fingerprint density at radius 2 is 1.53 bits per heavy atom. The Labute approximate surface area is 194 Å². The average Bonchev–Trinajstić information content (AvgIpc) is 2.94. The van der Waals surface area contributed by atoms with E-state index < -0.39 is 18.3 Å². The molecule has 5 heteroatoms. The first-order valence-electron chi connectivity index (χ1n) is 13.4. The maximum Gasteiger partial charge on any atom is 0.0838 e. The normalized spacial score (nSPS) is 52.6. The molecule has 4 rings (SSSR count). The fraction of sp³-hybridized carbons (Fsp3) is 1.00. The molecule has 4 fully saturated rings. The number of rotatable bonds is 6. The van der Waals surface area contributed by atoms with E-state index in [1.54, 1.807) is 0 Å². The van der Waals surface area contributed by atoms with Crippen molar-refractivity contribution in [3.05, 3.63) is 0 Å². The highest BCUT2D eigenvalue weighted by Gasteiger charge is 2.67. The highest BCUT2D eigenvalue weighted by Crippen LogP contribution is 2.68. The van der Waals surface area contributed by atoms with Crippen molar-refractivity contribution in [1.29, 1.82) is 0 Å². The third-order valence-electron chi connectivity index (χ3n) is 11.1. The van der Waals surface area contributed by atoms with E-state index in [9.17, 15) is 25.5 Å². The van der Waals surface area contributed by atoms with Crippen LogP contribution in [0.3, 0.4) is 0 Å². The summed E-state index contributed by atoms with van der Waals surface area (Å²) in [5.41, 5.74) is -0.100. The van der Waals surface area contributed by atoms with Crippen LogP contribution in [-0.2, 0) is 0 Å². The van der Waals surface area contributed by atoms with Crippen LogP contribution < -0.4 is 0 Å². The lowest BCUT2D eigenvalue weighted by Gasteiger charge is -2.62. The maximum absolute atomic E-state index is 11.4. The van der Waals surface area contributed by atoms with Crippen LogP contribution in [0.25, 0.3) is 0 Å². The maximum atomic E-state index is 11.4. The Hall–Kier alpha value is -0.200. The second kappa shape index (κ2) is 9.11. The predicted molar refractivity (Wildman–Crippen MR) is 125 cm³/mol. The zero-order chi connectivity index (χ0) is 23.4. The molecule has 5 nitrogen and oxygen atoms in total. The van der Waals surface area contributed by atoms with Crippen LogP contribution in [0.5, 0.6) is 0 Å². The van der Waals surface area contributed by atoms with Crippen molar-refractivity contribution in [1.82, 2.24) is 0 Å². The fourth-order valence-corrected chi connectivity index (χ4v) is 9.45. The van der Waals surface area contributed by atoms with Gasteiger partial charge in [-0.25, -0.2) is 0 Å². The first-order chi connectivity index (χ1) is 15.0. The molecule has 0 bridgehead atoms. The monoisotopic (exact) mass is 452 g/mol. The summed E-state index contributed by atoms with van der Waals surface area (Å²) in [7, 11) is 0. The van der Waals surface area contributed by atoms with Crippen molar-refractivity contribution < 1.29 is 25.5 Å². The quantitative estimate of drug-likeness (QED) is 0.425. The Balaban J connectivity index is 1.55. The summed E-state index contributed by atoms with van der Waals surface area (Å²) < 4.78 is 0. The van der Waals surface area contributed by atoms with E-state index in [0.717, 1.165) is 44.9 Å². The number of hydrogen-bond donors (Lipinski definition) is 5. The van der Waals surface area contributed by atoms with Gasteiger partial charge in [0.2, 0.25) is 0 Å². The minimum atomic E-state index is -0.724. The molecule has 0 aliphatic heterocycles. The smallest absolute Gasteiger partial charge is 0.0838 e. The van der Waals surface area contributed by atoms with Gasteiger partial charge in [-0.1, -0.05) is 40.5 Å². The van der Waals surface area contributed by atoms with Crippen molar-refractivity contribution in [2.75, 3.05) is 6.61 Å². The zero-order valence-corrected chi connectivity index (χ0v) is 20.7. The molecule has 0 aromatic carbocycles. The molecule has 0 saturated heterocycles. The largest absolute Gasteiger partial charge is 0.396 e. The van der Waals surface area contributed by atoms with E-state index in [1.165, 1.54) is 0 Å². The molecule has 0 aromatic rings. The van der Waals surface area contributed by atoms with Gasteiger partial charge in [0.05, 0.1) is 24.4 Å². The molecule has 5 N–H and O–H groups in total. The van der Waals surface area contributed by atoms with Gasteiger partial charge in [-0.2, -0.15) is 0 Å². The van der Waals surface area contributed by atoms with Gasteiger partial charge in [-0.15, -0.1) is 0 Å². The molecule has 0 spiro atoms. The molecule has 4 aliphatic rings. The molecule has 186 valence electrons. The van der Waals surface area contributed by atoms with E-state index >= 15 is 0 Å². The summed E-state index contributed by atoms with van der Waals surface area (Å²) >= 11 is 0. The van der Waals surface area contributed by atoms with Crippen LogP contribution in [0.15, 0.2) is 0 Å². The lowest BCUT2D eigenvalue weighted by Crippen LogP contribution is -2.59. The van der Waals surface area contributed by atoms with Gasteiger partial charge in [0, 0.05) is 6.61 Å². The highest BCUT2D eigenvalue weighted by atomic mass is 16.3. The van der Waals surface area contributed by atoms with Crippen molar-refractivity contribution in [3.8, 4) is 0 Å². The van der Waals surface area contributed by atoms with E-state index in [-0.39, 0.29) is 47.2 Å². The van der Waals surface area contributed by atoms with Crippen LogP contribution in [0.2, 0.25) is 0 Å². The van der Waals surface area contributed by atoms with Crippen LogP contribution in [0.1, 0.15) is 85.5 Å². The molecule has 0 heterocycles. The molecule has 4 saturated carbocycles. The van der Waals surface area contributed by atoms with Gasteiger partial charge >= 0.3 is 0 Å². The molecule has 0 aromatic heterocycles. The first kappa shape index (κ1) is 24.9. The lowest BCUT2D eigenvalue weighted by molar-refractivity contribution is -0.181. The molecule has 4 aliphatic carbocycles. The molecule has 0 amide bonds. The number of aliphatic hydroxyl groups is 5. The van der Waals surface area contributed by atoms with Crippen LogP contribution in [0.4, 0.5) is 0 Å². The standard InChI is InChI=1S/C27H48O5/c1-15(14-28)6-5-7-16(2)22-24(31)25(32)23-18-13-21(30)20-12-17(29)8-10-26(20,3)19(18)9-11-27(22,23)4/h15-25,28-32H,5-14H2,1-4H3/t15-,16+,17-,18?,19?,20-,21+,22-,23?,24+,25+,26+,27+/m0/s1. The van der Waals surface area contributed by atoms with Gasteiger partial charge < -0.3 is 25.5 Å². The Bertz CT molecular complexity index is 656. The van der Waals surface area contributed by atoms with E-state index in [4.69, 9.17) is 0 Å². The molecular weight excluding hydrogens is 404 g/mol. The summed E-state index contributed by atoms with van der Waals surface area (Å²) in [5, 5.41) is 53.4. The third-order valence-corrected chi connectivity index (χ3v) is 11.1. The highest BCUT2D eigenvalue weighted by molar-refractivity contribution is 5.15. The number of aliphatic hydroxyl groups excluding tert-OH is 5. The van der Waals surface area contributed by atoms with Crippen molar-refractivity contribution in [2.24, 2.45) is 52.3 Å². The van der Waals surface area contributed by atoms with Crippen molar-refractivity contribution in [2.45, 2.75) is 110 Å². The summed E-state index contributed by atoms with van der Waals surface area (Å²) in [6.07, 6.45) is 6.14. The SMILES string of the molecule is C[C@H](CO)CCC[C@@H](C)[C@H]1[C@@H](O)[C@H](O)C2C3C[C@@H](O)[C@@H]4C[C@@H](O)CC[C@]4(C)C3CC[C@@]21C. The fourth-order valence-electron chi connectivity index (χ4n) is 9.45. The van der Waals surface area contributed by atoms with Gasteiger partial charge in [-0.3, -0.25) is 0 Å². The average molecular weight is 453 g/mol. The van der Waals surface area contributed by atoms with Gasteiger partial charge in [0.25, 0.3) is 0 Å². The van der Waals surface area contributed by atoms with Crippen LogP contribution >= 0.6 is 0 Å². The predicted octanol–water partition coefficient (Wildman–Crippen LogP) is 3.35. The summed E-state index contributed by atoms with van der Waals surface area (Å²) in [4.78, 5) is 0. The minimum Gasteiger partial charge on any atom is -0.396 e. The van der Waals surface area contributed by atoms with Gasteiger partial charge in [-0.05, 0) is 97.2 Å². The van der Waals surface area contributed by atoms with Crippen LogP contribution in [0, 0.1) is 52.3 Å². The summed E-state index contributed by atoms with van der Waals surface area (Å²) in [6, 6.07) is 0. The number of hydrogen-bond acceptors (Lipinski definition) is 5. The van der Waals surface area contributed by atoms with Gasteiger partial charge in [0.1, 0.15) is 0 Å². The minimum absolute atomic E-state index is 0.0116. The van der Waals surface area contributed by atoms with Crippen LogP contribution in [-0.4, -0.2) is 56.6 Å². The second-order valence-corrected chi connectivity index (χ2v) is 12.9.